The number of hydrogen-bond acceptors (Lipinski definition) is 5. The summed E-state index contributed by atoms with van der Waals surface area (Å²) < 4.78 is 5.66. The summed E-state index contributed by atoms with van der Waals surface area (Å²) >= 11 is 0. The summed E-state index contributed by atoms with van der Waals surface area (Å²) in [4.78, 5) is 24.6. The Bertz CT molecular complexity index is 315. The van der Waals surface area contributed by atoms with Gasteiger partial charge in [-0.1, -0.05) is 0 Å². The van der Waals surface area contributed by atoms with Crippen molar-refractivity contribution in [3.63, 3.8) is 0 Å². The second-order valence-corrected chi connectivity index (χ2v) is 5.20. The molecule has 1 heterocycles. The smallest absolute Gasteiger partial charge is 0.239 e. The van der Waals surface area contributed by atoms with Gasteiger partial charge in [-0.05, 0) is 20.3 Å². The molecule has 7 nitrogen and oxygen atoms in total. The van der Waals surface area contributed by atoms with Crippen molar-refractivity contribution in [2.45, 2.75) is 32.5 Å². The van der Waals surface area contributed by atoms with Gasteiger partial charge in [0.05, 0.1) is 25.3 Å². The van der Waals surface area contributed by atoms with Crippen molar-refractivity contribution in [1.29, 1.82) is 0 Å². The highest BCUT2D eigenvalue weighted by Gasteiger charge is 2.21. The molecule has 1 fully saturated rings. The maximum atomic E-state index is 11.4. The molecule has 0 saturated carbocycles. The zero-order chi connectivity index (χ0) is 15.0. The summed E-state index contributed by atoms with van der Waals surface area (Å²) in [5.41, 5.74) is 5.13. The largest absolute Gasteiger partial charge is 0.373 e. The number of hydrogen-bond donors (Lipinski definition) is 3. The summed E-state index contributed by atoms with van der Waals surface area (Å²) in [6.07, 6.45) is 1.41. The van der Waals surface area contributed by atoms with Crippen LogP contribution in [0.3, 0.4) is 0 Å². The Labute approximate surface area is 120 Å². The van der Waals surface area contributed by atoms with Gasteiger partial charge in [0, 0.05) is 26.2 Å². The quantitative estimate of drug-likeness (QED) is 0.504. The maximum absolute atomic E-state index is 11.4. The molecule has 2 unspecified atom stereocenters. The summed E-state index contributed by atoms with van der Waals surface area (Å²) in [7, 11) is 0. The Balaban J connectivity index is 2.06. The Kier molecular flexibility index (Phi) is 7.50. The molecule has 0 aromatic rings. The number of nitrogens with two attached hydrogens (primary N) is 1. The number of rotatable bonds is 7. The van der Waals surface area contributed by atoms with Gasteiger partial charge in [0.2, 0.25) is 11.8 Å². The number of carbonyl (C=O) groups is 2. The Morgan fingerprint density at radius 1 is 1.20 bits per heavy atom. The molecule has 2 amide bonds. The summed E-state index contributed by atoms with van der Waals surface area (Å²) in [5, 5.41) is 5.20. The van der Waals surface area contributed by atoms with E-state index < -0.39 is 0 Å². The average molecular weight is 286 g/mol. The third-order valence-corrected chi connectivity index (χ3v) is 3.10. The van der Waals surface area contributed by atoms with Crippen molar-refractivity contribution in [2.24, 2.45) is 5.73 Å². The first-order valence-electron chi connectivity index (χ1n) is 7.12. The van der Waals surface area contributed by atoms with Crippen LogP contribution in [0.4, 0.5) is 0 Å². The highest BCUT2D eigenvalue weighted by atomic mass is 16.5. The van der Waals surface area contributed by atoms with Crippen LogP contribution in [0.2, 0.25) is 0 Å². The lowest BCUT2D eigenvalue weighted by molar-refractivity contribution is -0.125. The molecule has 0 bridgehead atoms. The molecule has 0 radical (unpaired) electrons. The van der Waals surface area contributed by atoms with E-state index >= 15 is 0 Å². The number of amides is 2. The highest BCUT2D eigenvalue weighted by molar-refractivity contribution is 5.85. The van der Waals surface area contributed by atoms with E-state index in [4.69, 9.17) is 10.5 Å². The predicted octanol–water partition coefficient (Wildman–Crippen LogP) is -1.32. The lowest BCUT2D eigenvalue weighted by atomic mass is 10.2. The minimum atomic E-state index is -0.323. The van der Waals surface area contributed by atoms with Gasteiger partial charge in [0.15, 0.2) is 0 Å². The first-order valence-corrected chi connectivity index (χ1v) is 7.12. The minimum Gasteiger partial charge on any atom is -0.373 e. The standard InChI is InChI=1S/C13H26N4O3/c1-10-8-17(9-11(2)20-10)5-3-4-15-13(19)7-16-12(18)6-14/h10-11H,3-9,14H2,1-2H3,(H,15,19)(H,16,18). The first kappa shape index (κ1) is 16.9. The van der Waals surface area contributed by atoms with Gasteiger partial charge in [-0.3, -0.25) is 14.5 Å². The molecule has 20 heavy (non-hydrogen) atoms. The molecule has 0 aliphatic carbocycles. The van der Waals surface area contributed by atoms with E-state index in [0.29, 0.717) is 6.54 Å². The van der Waals surface area contributed by atoms with Gasteiger partial charge < -0.3 is 21.1 Å². The van der Waals surface area contributed by atoms with Crippen LogP contribution < -0.4 is 16.4 Å². The summed E-state index contributed by atoms with van der Waals surface area (Å²) in [6, 6.07) is 0. The van der Waals surface area contributed by atoms with Gasteiger partial charge in [0.25, 0.3) is 0 Å². The lowest BCUT2D eigenvalue weighted by Gasteiger charge is -2.35. The Hall–Kier alpha value is -1.18. The Morgan fingerprint density at radius 2 is 1.85 bits per heavy atom. The molecule has 0 aromatic carbocycles. The van der Waals surface area contributed by atoms with Gasteiger partial charge in [0.1, 0.15) is 0 Å². The molecule has 1 rings (SSSR count). The summed E-state index contributed by atoms with van der Waals surface area (Å²) in [5.74, 6) is -0.507. The van der Waals surface area contributed by atoms with Crippen LogP contribution in [0.1, 0.15) is 20.3 Å². The van der Waals surface area contributed by atoms with Gasteiger partial charge in [-0.2, -0.15) is 0 Å². The number of nitrogens with zero attached hydrogens (tertiary/aromatic N) is 1. The van der Waals surface area contributed by atoms with E-state index in [-0.39, 0.29) is 37.1 Å². The topological polar surface area (TPSA) is 96.7 Å². The zero-order valence-corrected chi connectivity index (χ0v) is 12.4. The van der Waals surface area contributed by atoms with E-state index in [1.165, 1.54) is 0 Å². The number of nitrogens with one attached hydrogen (secondary N) is 2. The van der Waals surface area contributed by atoms with Gasteiger partial charge >= 0.3 is 0 Å². The van der Waals surface area contributed by atoms with E-state index in [0.717, 1.165) is 26.1 Å². The summed E-state index contributed by atoms with van der Waals surface area (Å²) in [6.45, 7) is 7.46. The maximum Gasteiger partial charge on any atom is 0.239 e. The van der Waals surface area contributed by atoms with E-state index in [9.17, 15) is 9.59 Å². The molecular formula is C13H26N4O3. The van der Waals surface area contributed by atoms with Gasteiger partial charge in [-0.25, -0.2) is 0 Å². The van der Waals surface area contributed by atoms with Crippen LogP contribution in [0, 0.1) is 0 Å². The SMILES string of the molecule is CC1CN(CCCNC(=O)CNC(=O)CN)CC(C)O1. The van der Waals surface area contributed by atoms with Crippen LogP contribution in [-0.2, 0) is 14.3 Å². The molecule has 1 aliphatic heterocycles. The van der Waals surface area contributed by atoms with Crippen LogP contribution in [0.15, 0.2) is 0 Å². The average Bonchev–Trinajstić information content (AvgIpc) is 2.40. The van der Waals surface area contributed by atoms with Gasteiger partial charge in [-0.15, -0.1) is 0 Å². The van der Waals surface area contributed by atoms with Crippen molar-refractivity contribution in [3.05, 3.63) is 0 Å². The number of carbonyl (C=O) groups excluding carboxylic acids is 2. The first-order chi connectivity index (χ1) is 9.51. The normalized spacial score (nSPS) is 23.4. The monoisotopic (exact) mass is 286 g/mol. The third kappa shape index (κ3) is 6.83. The minimum absolute atomic E-state index is 0.0122. The van der Waals surface area contributed by atoms with Crippen molar-refractivity contribution >= 4 is 11.8 Å². The highest BCUT2D eigenvalue weighted by Crippen LogP contribution is 2.10. The molecular weight excluding hydrogens is 260 g/mol. The van der Waals surface area contributed by atoms with Crippen LogP contribution >= 0.6 is 0 Å². The second-order valence-electron chi connectivity index (χ2n) is 5.20. The number of ether oxygens (including phenoxy) is 1. The van der Waals surface area contributed by atoms with Crippen LogP contribution in [0.5, 0.6) is 0 Å². The molecule has 2 atom stereocenters. The fourth-order valence-electron chi connectivity index (χ4n) is 2.31. The fourth-order valence-corrected chi connectivity index (χ4v) is 2.31. The molecule has 0 spiro atoms. The fraction of sp³-hybridized carbons (Fsp3) is 0.846. The molecule has 116 valence electrons. The van der Waals surface area contributed by atoms with Crippen molar-refractivity contribution in [2.75, 3.05) is 39.3 Å². The molecule has 4 N–H and O–H groups in total. The predicted molar refractivity (Wildman–Crippen MR) is 76.1 cm³/mol. The second kappa shape index (κ2) is 8.89. The number of morpholine rings is 1. The molecule has 1 saturated heterocycles. The molecule has 1 aliphatic rings. The van der Waals surface area contributed by atoms with E-state index in [1.54, 1.807) is 0 Å². The molecule has 0 aromatic heterocycles. The third-order valence-electron chi connectivity index (χ3n) is 3.10. The van der Waals surface area contributed by atoms with Crippen LogP contribution in [-0.4, -0.2) is 68.2 Å². The molecule has 7 heteroatoms. The van der Waals surface area contributed by atoms with E-state index in [2.05, 4.69) is 29.4 Å². The zero-order valence-electron chi connectivity index (χ0n) is 12.4. The van der Waals surface area contributed by atoms with E-state index in [1.807, 2.05) is 0 Å². The Morgan fingerprint density at radius 3 is 2.45 bits per heavy atom. The van der Waals surface area contributed by atoms with Crippen molar-refractivity contribution in [3.8, 4) is 0 Å². The van der Waals surface area contributed by atoms with Crippen LogP contribution in [0.25, 0.3) is 0 Å². The van der Waals surface area contributed by atoms with Crippen molar-refractivity contribution < 1.29 is 14.3 Å². The van der Waals surface area contributed by atoms with Crippen molar-refractivity contribution in [1.82, 2.24) is 15.5 Å². The lowest BCUT2D eigenvalue weighted by Crippen LogP contribution is -2.46.